The number of aliphatic carboxylic acids is 1. The van der Waals surface area contributed by atoms with Gasteiger partial charge in [-0.25, -0.2) is 0 Å². The zero-order chi connectivity index (χ0) is 18.3. The zero-order valence-electron chi connectivity index (χ0n) is 16.7. The van der Waals surface area contributed by atoms with Crippen LogP contribution < -0.4 is 5.73 Å². The van der Waals surface area contributed by atoms with E-state index in [2.05, 4.69) is 13.8 Å². The maximum Gasteiger partial charge on any atom is 0.303 e. The lowest BCUT2D eigenvalue weighted by molar-refractivity contribution is -0.137. The first-order valence-corrected chi connectivity index (χ1v) is 10.6. The lowest BCUT2D eigenvalue weighted by Gasteiger charge is -2.00. The molecule has 0 radical (unpaired) electrons. The molecule has 0 saturated carbocycles. The van der Waals surface area contributed by atoms with E-state index in [1.165, 1.54) is 89.9 Å². The number of unbranched alkanes of at least 4 members (excludes halogenated alkanes) is 14. The van der Waals surface area contributed by atoms with Gasteiger partial charge in [0.1, 0.15) is 0 Å². The monoisotopic (exact) mass is 343 g/mol. The van der Waals surface area contributed by atoms with E-state index < -0.39 is 5.97 Å². The van der Waals surface area contributed by atoms with Crippen LogP contribution in [-0.2, 0) is 4.79 Å². The standard InChI is InChI=1S/C12H24O2.C9H21N/c1-2-3-4-5-6-7-8-9-10-11-12(13)14;1-2-3-4-5-6-7-8-9-10/h2-11H2,1H3,(H,13,14);2-10H2,1H3. The summed E-state index contributed by atoms with van der Waals surface area (Å²) in [4.78, 5) is 10.2. The Kier molecular flexibility index (Phi) is 26.4. The van der Waals surface area contributed by atoms with Crippen LogP contribution in [0, 0.1) is 0 Å². The average molecular weight is 344 g/mol. The minimum Gasteiger partial charge on any atom is -0.481 e. The Morgan fingerprint density at radius 1 is 0.625 bits per heavy atom. The van der Waals surface area contributed by atoms with E-state index in [0.717, 1.165) is 19.4 Å². The molecule has 3 nitrogen and oxygen atoms in total. The highest BCUT2D eigenvalue weighted by Crippen LogP contribution is 2.10. The van der Waals surface area contributed by atoms with Crippen molar-refractivity contribution in [2.24, 2.45) is 5.73 Å². The molecule has 0 aliphatic carbocycles. The lowest BCUT2D eigenvalue weighted by atomic mass is 10.1. The van der Waals surface area contributed by atoms with Crippen LogP contribution in [0.2, 0.25) is 0 Å². The van der Waals surface area contributed by atoms with Gasteiger partial charge < -0.3 is 10.8 Å². The summed E-state index contributed by atoms with van der Waals surface area (Å²) in [5, 5.41) is 8.41. The molecule has 0 bridgehead atoms. The first kappa shape index (κ1) is 25.7. The summed E-state index contributed by atoms with van der Waals surface area (Å²) in [5.74, 6) is -0.659. The van der Waals surface area contributed by atoms with E-state index >= 15 is 0 Å². The van der Waals surface area contributed by atoms with Crippen LogP contribution in [0.5, 0.6) is 0 Å². The maximum absolute atomic E-state index is 10.2. The number of carboxylic acids is 1. The van der Waals surface area contributed by atoms with E-state index in [4.69, 9.17) is 10.8 Å². The fourth-order valence-electron chi connectivity index (χ4n) is 2.69. The molecular formula is C21H45NO2. The van der Waals surface area contributed by atoms with Gasteiger partial charge in [-0.15, -0.1) is 0 Å². The van der Waals surface area contributed by atoms with Crippen LogP contribution in [0.3, 0.4) is 0 Å². The summed E-state index contributed by atoms with van der Waals surface area (Å²) in [5.41, 5.74) is 5.37. The van der Waals surface area contributed by atoms with Crippen molar-refractivity contribution in [3.63, 3.8) is 0 Å². The van der Waals surface area contributed by atoms with E-state index in [1.807, 2.05) is 0 Å². The van der Waals surface area contributed by atoms with Crippen LogP contribution >= 0.6 is 0 Å². The van der Waals surface area contributed by atoms with Crippen LogP contribution in [-0.4, -0.2) is 17.6 Å². The number of carbonyl (C=O) groups is 1. The summed E-state index contributed by atoms with van der Waals surface area (Å²) < 4.78 is 0. The Balaban J connectivity index is 0. The Hall–Kier alpha value is -0.570. The third-order valence-electron chi connectivity index (χ3n) is 4.30. The van der Waals surface area contributed by atoms with Crippen molar-refractivity contribution >= 4 is 5.97 Å². The minimum atomic E-state index is -0.659. The first-order valence-electron chi connectivity index (χ1n) is 10.6. The van der Waals surface area contributed by atoms with Gasteiger partial charge in [0.05, 0.1) is 0 Å². The molecule has 0 aromatic rings. The molecule has 24 heavy (non-hydrogen) atoms. The van der Waals surface area contributed by atoms with Crippen molar-refractivity contribution in [3.05, 3.63) is 0 Å². The van der Waals surface area contributed by atoms with Crippen LogP contribution in [0.1, 0.15) is 123 Å². The highest BCUT2D eigenvalue weighted by molar-refractivity contribution is 5.66. The number of nitrogens with two attached hydrogens (primary N) is 1. The zero-order valence-corrected chi connectivity index (χ0v) is 16.7. The SMILES string of the molecule is CCCCCCCCCCCC(=O)O.CCCCCCCCCN. The van der Waals surface area contributed by atoms with Crippen molar-refractivity contribution in [2.45, 2.75) is 123 Å². The second kappa shape index (κ2) is 24.7. The Morgan fingerprint density at radius 2 is 0.958 bits per heavy atom. The lowest BCUT2D eigenvalue weighted by Crippen LogP contribution is -1.97. The number of hydrogen-bond acceptors (Lipinski definition) is 2. The average Bonchev–Trinajstić information content (AvgIpc) is 2.57. The highest BCUT2D eigenvalue weighted by atomic mass is 16.4. The fraction of sp³-hybridized carbons (Fsp3) is 0.952. The molecule has 0 heterocycles. The summed E-state index contributed by atoms with van der Waals surface area (Å²) in [7, 11) is 0. The van der Waals surface area contributed by atoms with E-state index in [9.17, 15) is 4.79 Å². The Morgan fingerprint density at radius 3 is 1.29 bits per heavy atom. The van der Waals surface area contributed by atoms with Gasteiger partial charge in [0, 0.05) is 6.42 Å². The topological polar surface area (TPSA) is 63.3 Å². The summed E-state index contributed by atoms with van der Waals surface area (Å²) >= 11 is 0. The normalized spacial score (nSPS) is 10.3. The number of carboxylic acid groups (broad SMARTS) is 1. The van der Waals surface area contributed by atoms with Gasteiger partial charge in [0.15, 0.2) is 0 Å². The number of hydrogen-bond donors (Lipinski definition) is 2. The van der Waals surface area contributed by atoms with Crippen molar-refractivity contribution in [3.8, 4) is 0 Å². The van der Waals surface area contributed by atoms with Gasteiger partial charge in [0.25, 0.3) is 0 Å². The van der Waals surface area contributed by atoms with Gasteiger partial charge in [-0.2, -0.15) is 0 Å². The van der Waals surface area contributed by atoms with Gasteiger partial charge in [0.2, 0.25) is 0 Å². The van der Waals surface area contributed by atoms with E-state index in [1.54, 1.807) is 0 Å². The quantitative estimate of drug-likeness (QED) is 0.289. The molecule has 3 N–H and O–H groups in total. The molecular weight excluding hydrogens is 298 g/mol. The summed E-state index contributed by atoms with van der Waals surface area (Å²) in [6.07, 6.45) is 21.0. The molecule has 3 heteroatoms. The third kappa shape index (κ3) is 29.4. The second-order valence-electron chi connectivity index (χ2n) is 6.88. The van der Waals surface area contributed by atoms with Gasteiger partial charge in [-0.1, -0.05) is 104 Å². The smallest absolute Gasteiger partial charge is 0.303 e. The highest BCUT2D eigenvalue weighted by Gasteiger charge is 1.96. The molecule has 0 aromatic heterocycles. The first-order chi connectivity index (χ1) is 11.7. The molecule has 0 aromatic carbocycles. The molecule has 0 unspecified atom stereocenters. The second-order valence-corrected chi connectivity index (χ2v) is 6.88. The molecule has 0 rings (SSSR count). The predicted molar refractivity (Wildman–Crippen MR) is 107 cm³/mol. The van der Waals surface area contributed by atoms with Crippen molar-refractivity contribution in [1.82, 2.24) is 0 Å². The van der Waals surface area contributed by atoms with Crippen LogP contribution in [0.25, 0.3) is 0 Å². The molecule has 0 amide bonds. The van der Waals surface area contributed by atoms with Gasteiger partial charge in [-0.05, 0) is 19.4 Å². The van der Waals surface area contributed by atoms with Gasteiger partial charge in [-0.3, -0.25) is 4.79 Å². The van der Waals surface area contributed by atoms with Crippen molar-refractivity contribution in [2.75, 3.05) is 6.54 Å². The Labute approximate surface area is 151 Å². The molecule has 0 atom stereocenters. The molecule has 0 aliphatic heterocycles. The molecule has 0 spiro atoms. The van der Waals surface area contributed by atoms with E-state index in [0.29, 0.717) is 6.42 Å². The summed E-state index contributed by atoms with van der Waals surface area (Å²) in [6.45, 7) is 5.35. The van der Waals surface area contributed by atoms with Crippen LogP contribution in [0.4, 0.5) is 0 Å². The largest absolute Gasteiger partial charge is 0.481 e. The minimum absolute atomic E-state index is 0.343. The molecule has 0 fully saturated rings. The van der Waals surface area contributed by atoms with Crippen molar-refractivity contribution in [1.29, 1.82) is 0 Å². The number of rotatable bonds is 17. The fourth-order valence-corrected chi connectivity index (χ4v) is 2.69. The van der Waals surface area contributed by atoms with Crippen molar-refractivity contribution < 1.29 is 9.90 Å². The molecule has 0 saturated heterocycles. The van der Waals surface area contributed by atoms with Gasteiger partial charge >= 0.3 is 5.97 Å². The van der Waals surface area contributed by atoms with E-state index in [-0.39, 0.29) is 0 Å². The molecule has 0 aliphatic rings. The molecule has 146 valence electrons. The van der Waals surface area contributed by atoms with Crippen LogP contribution in [0.15, 0.2) is 0 Å². The summed E-state index contributed by atoms with van der Waals surface area (Å²) in [6, 6.07) is 0. The predicted octanol–water partition coefficient (Wildman–Crippen LogP) is 6.69. The Bertz CT molecular complexity index is 224. The third-order valence-corrected chi connectivity index (χ3v) is 4.30. The maximum atomic E-state index is 10.2.